The van der Waals surface area contributed by atoms with Crippen molar-refractivity contribution in [3.8, 4) is 11.1 Å². The van der Waals surface area contributed by atoms with Gasteiger partial charge in [-0.05, 0) is 145 Å². The van der Waals surface area contributed by atoms with Crippen LogP contribution in [0.2, 0.25) is 0 Å². The van der Waals surface area contributed by atoms with E-state index in [9.17, 15) is 44.6 Å². The van der Waals surface area contributed by atoms with E-state index in [2.05, 4.69) is 48.0 Å². The lowest BCUT2D eigenvalue weighted by molar-refractivity contribution is -0.384. The number of hydrogen-bond acceptors (Lipinski definition) is 14. The maximum atomic E-state index is 13.9. The highest BCUT2D eigenvalue weighted by molar-refractivity contribution is 5.86. The van der Waals surface area contributed by atoms with E-state index in [1.165, 1.54) is 35.9 Å². The monoisotopic (exact) mass is 1040 g/mol. The molecule has 1 aromatic heterocycles. The fourth-order valence-electron chi connectivity index (χ4n) is 14.0. The fourth-order valence-corrected chi connectivity index (χ4v) is 14.0. The highest BCUT2D eigenvalue weighted by Gasteiger charge is 2.67. The van der Waals surface area contributed by atoms with Crippen molar-refractivity contribution in [1.82, 2.24) is 16.0 Å². The van der Waals surface area contributed by atoms with E-state index in [4.69, 9.17) is 23.4 Å². The molecule has 12 atom stereocenters. The highest BCUT2D eigenvalue weighted by Crippen LogP contribution is 2.70. The van der Waals surface area contributed by atoms with Crippen LogP contribution >= 0.6 is 0 Å². The van der Waals surface area contributed by atoms with Crippen LogP contribution in [0.25, 0.3) is 11.1 Å². The van der Waals surface area contributed by atoms with Gasteiger partial charge in [-0.1, -0.05) is 74.0 Å². The summed E-state index contributed by atoms with van der Waals surface area (Å²) in [6.45, 7) is 4.46. The van der Waals surface area contributed by atoms with Gasteiger partial charge < -0.3 is 54.6 Å². The van der Waals surface area contributed by atoms with Crippen LogP contribution in [-0.2, 0) is 30.3 Å². The molecular formula is C58H68N4O14. The van der Waals surface area contributed by atoms with Gasteiger partial charge >= 0.3 is 17.8 Å². The second-order valence-corrected chi connectivity index (χ2v) is 22.2. The van der Waals surface area contributed by atoms with Gasteiger partial charge in [-0.2, -0.15) is 0 Å². The van der Waals surface area contributed by atoms with Crippen molar-refractivity contribution in [2.24, 2.45) is 22.7 Å². The van der Waals surface area contributed by atoms with E-state index in [1.807, 2.05) is 42.5 Å². The predicted molar refractivity (Wildman–Crippen MR) is 277 cm³/mol. The van der Waals surface area contributed by atoms with Crippen LogP contribution in [0.1, 0.15) is 119 Å². The maximum Gasteiger partial charge on any atom is 0.408 e. The number of fused-ring (bicyclic) bond motifs is 8. The summed E-state index contributed by atoms with van der Waals surface area (Å²) in [7, 11) is 0. The maximum absolute atomic E-state index is 13.9. The first-order chi connectivity index (χ1) is 36.6. The topological polar surface area (TPSA) is 258 Å². The summed E-state index contributed by atoms with van der Waals surface area (Å²) >= 11 is 0. The summed E-state index contributed by atoms with van der Waals surface area (Å²) in [5.41, 5.74) is 5.27. The molecule has 0 bridgehead atoms. The van der Waals surface area contributed by atoms with Crippen LogP contribution in [0.5, 0.6) is 0 Å². The Morgan fingerprint density at radius 2 is 1.58 bits per heavy atom. The summed E-state index contributed by atoms with van der Waals surface area (Å²) in [5.74, 6) is -0.298. The Bertz CT molecular complexity index is 2830. The number of allylic oxidation sites excluding steroid dienone is 1. The van der Waals surface area contributed by atoms with Crippen molar-refractivity contribution in [2.45, 2.75) is 145 Å². The Morgan fingerprint density at radius 3 is 2.29 bits per heavy atom. The molecule has 6 N–H and O–H groups in total. The molecule has 3 unspecified atom stereocenters. The number of alkyl carbamates (subject to hydrolysis) is 2. The number of unbranched alkanes of at least 4 members (excludes halogenated alkanes) is 1. The number of nitrogens with one attached hydrogen (secondary N) is 3. The van der Waals surface area contributed by atoms with Gasteiger partial charge in [-0.3, -0.25) is 14.9 Å². The molecule has 5 aliphatic carbocycles. The predicted octanol–water partition coefficient (Wildman–Crippen LogP) is 7.66. The molecule has 3 amide bonds. The number of nitro groups is 1. The lowest BCUT2D eigenvalue weighted by Gasteiger charge is -2.62. The number of ether oxygens (including phenoxy) is 4. The summed E-state index contributed by atoms with van der Waals surface area (Å²) in [6.07, 6.45) is 4.86. The van der Waals surface area contributed by atoms with Gasteiger partial charge in [-0.15, -0.1) is 0 Å². The summed E-state index contributed by atoms with van der Waals surface area (Å²) in [6, 6.07) is 22.7. The van der Waals surface area contributed by atoms with Crippen LogP contribution < -0.4 is 21.6 Å². The minimum Gasteiger partial charge on any atom is -0.449 e. The molecule has 0 spiro atoms. The zero-order valence-corrected chi connectivity index (χ0v) is 42.9. The number of hydrogen-bond donors (Lipinski definition) is 6. The number of amides is 3. The van der Waals surface area contributed by atoms with Gasteiger partial charge in [0.1, 0.15) is 31.5 Å². The number of non-ortho nitro benzene ring substituents is 1. The molecule has 18 nitrogen and oxygen atoms in total. The number of nitro benzene ring substituents is 1. The molecule has 4 fully saturated rings. The van der Waals surface area contributed by atoms with E-state index >= 15 is 0 Å². The third kappa shape index (κ3) is 10.3. The van der Waals surface area contributed by atoms with Crippen LogP contribution in [0.3, 0.4) is 0 Å². The highest BCUT2D eigenvalue weighted by atomic mass is 16.7. The molecule has 3 aromatic carbocycles. The second kappa shape index (κ2) is 21.9. The molecule has 1 saturated heterocycles. The van der Waals surface area contributed by atoms with Gasteiger partial charge in [0.15, 0.2) is 6.29 Å². The number of rotatable bonds is 16. The zero-order chi connectivity index (χ0) is 53.4. The molecule has 0 radical (unpaired) electrons. The minimum atomic E-state index is -1.53. The molecule has 76 heavy (non-hydrogen) atoms. The third-order valence-electron chi connectivity index (χ3n) is 18.2. The van der Waals surface area contributed by atoms with Crippen molar-refractivity contribution >= 4 is 23.8 Å². The number of carbonyl (C=O) groups is 3. The van der Waals surface area contributed by atoms with Crippen molar-refractivity contribution < 1.29 is 58.0 Å². The molecule has 6 aliphatic rings. The Balaban J connectivity index is 0.722. The number of aliphatic hydroxyl groups excluding tert-OH is 2. The Morgan fingerprint density at radius 1 is 0.842 bits per heavy atom. The van der Waals surface area contributed by atoms with Gasteiger partial charge in [-0.25, -0.2) is 14.4 Å². The Labute approximate surface area is 440 Å². The first-order valence-electron chi connectivity index (χ1n) is 26.8. The van der Waals surface area contributed by atoms with E-state index in [-0.39, 0.29) is 78.6 Å². The van der Waals surface area contributed by atoms with Gasteiger partial charge in [0.25, 0.3) is 5.69 Å². The van der Waals surface area contributed by atoms with Crippen LogP contribution in [0.4, 0.5) is 15.3 Å². The Kier molecular flexibility index (Phi) is 15.3. The van der Waals surface area contributed by atoms with Crippen LogP contribution in [-0.4, -0.2) is 100 Å². The third-order valence-corrected chi connectivity index (χ3v) is 18.2. The van der Waals surface area contributed by atoms with E-state index in [1.54, 1.807) is 6.26 Å². The number of aliphatic hydroxyl groups is 3. The van der Waals surface area contributed by atoms with E-state index in [0.29, 0.717) is 31.2 Å². The summed E-state index contributed by atoms with van der Waals surface area (Å²) in [5, 5.41) is 54.7. The molecule has 2 heterocycles. The summed E-state index contributed by atoms with van der Waals surface area (Å²) in [4.78, 5) is 62.2. The van der Waals surface area contributed by atoms with Gasteiger partial charge in [0, 0.05) is 36.1 Å². The normalized spacial score (nSPS) is 30.7. The van der Waals surface area contributed by atoms with E-state index in [0.717, 1.165) is 66.3 Å². The first-order valence-corrected chi connectivity index (χ1v) is 26.8. The number of benzene rings is 3. The van der Waals surface area contributed by atoms with E-state index < -0.39 is 65.3 Å². The van der Waals surface area contributed by atoms with Gasteiger partial charge in [0.2, 0.25) is 5.91 Å². The lowest BCUT2D eigenvalue weighted by Crippen LogP contribution is -2.62. The number of carbonyl (C=O) groups excluding carboxylic acids is 3. The standard InChI is InChI=1S/C58H68N4O14/c1-56-25-22-38(29-36(56)17-20-46-45(56)23-26-57(2)44(24-27-58(46,57)69)35-16-21-49(63)72-31-35)76-53-51(65)50(64)48(33-73-53)60-52(66)47(61-55(68)74-30-34-14-18-37(19-15-34)62(70)71)13-7-8-28-59-54(67)75-32-43-41-11-5-3-9-39(41)40-10-4-6-12-42(40)43/h3-6,9-12,14-16,18-19,21,29,31,38,43-48,50-51,53,64-65,69H,7-8,13,17,20,22-28,30,32-33H2,1-2H3,(H,59,67)(H,60,66)(H,61,68)/t38-,44+,45?,46?,47-,48-,50?,51-,53+,56-,57+,58-/m0/s1. The molecule has 10 rings (SSSR count). The smallest absolute Gasteiger partial charge is 0.408 e. The van der Waals surface area contributed by atoms with Crippen molar-refractivity contribution in [2.75, 3.05) is 19.8 Å². The van der Waals surface area contributed by atoms with Crippen molar-refractivity contribution in [3.05, 3.63) is 146 Å². The second-order valence-electron chi connectivity index (χ2n) is 22.2. The lowest BCUT2D eigenvalue weighted by atomic mass is 9.45. The average Bonchev–Trinajstić information content (AvgIpc) is 3.89. The SMILES string of the molecule is C[C@]12CC[C@H](O[C@H]3OC[C@H](NC(=O)[C@H](CCCCNC(=O)OCC4c5ccccc5-c5ccccc54)NC(=O)OCc4ccc([N+](=O)[O-])cc4)C(O)[C@@H]3O)C=C1CCC1C2CC[C@]2(C)[C@@H](c3ccc(=O)oc3)CC[C@]12O. The van der Waals surface area contributed by atoms with Crippen molar-refractivity contribution in [1.29, 1.82) is 0 Å². The average molecular weight is 1050 g/mol. The molecule has 4 aromatic rings. The quantitative estimate of drug-likeness (QED) is 0.0273. The van der Waals surface area contributed by atoms with Crippen LogP contribution in [0.15, 0.2) is 112 Å². The van der Waals surface area contributed by atoms with Gasteiger partial charge in [0.05, 0.1) is 35.5 Å². The van der Waals surface area contributed by atoms with Crippen LogP contribution in [0, 0.1) is 32.8 Å². The molecule has 3 saturated carbocycles. The molecule has 1 aliphatic heterocycles. The first kappa shape index (κ1) is 53.0. The molecule has 18 heteroatoms. The Hall–Kier alpha value is -6.44. The van der Waals surface area contributed by atoms with Crippen molar-refractivity contribution in [3.63, 3.8) is 0 Å². The number of nitrogens with zero attached hydrogens (tertiary/aromatic N) is 1. The zero-order valence-electron chi connectivity index (χ0n) is 42.9. The molecular weight excluding hydrogens is 977 g/mol. The minimum absolute atomic E-state index is 0.0944. The largest absolute Gasteiger partial charge is 0.449 e. The fraction of sp³-hybridized carbons (Fsp3) is 0.517. The summed E-state index contributed by atoms with van der Waals surface area (Å²) < 4.78 is 28.7. The molecule has 404 valence electrons.